The van der Waals surface area contributed by atoms with Crippen LogP contribution in [0.25, 0.3) is 47.6 Å². The van der Waals surface area contributed by atoms with Crippen LogP contribution in [0.2, 0.25) is 0 Å². The highest BCUT2D eigenvalue weighted by molar-refractivity contribution is 5.93. The SMILES string of the molecule is Cc1ccccc1N(c1ccc(C=C(c2ccccc2)c2ccccc2)cc1)c1ccc(/C=C/c2ccc(/C=C/c3ccc(N(c4ccc(C=C(c5ccccc5)c5ccccc5)cc4)c4ccccc4C)cc3)cc2)cc1. The van der Waals surface area contributed by atoms with Crippen molar-refractivity contribution >= 4 is 81.7 Å². The summed E-state index contributed by atoms with van der Waals surface area (Å²) in [6.45, 7) is 4.35. The first-order valence-corrected chi connectivity index (χ1v) is 26.7. The lowest BCUT2D eigenvalue weighted by Crippen LogP contribution is -2.11. The van der Waals surface area contributed by atoms with E-state index in [2.05, 4.69) is 351 Å². The van der Waals surface area contributed by atoms with Crippen LogP contribution in [-0.2, 0) is 0 Å². The Labute approximate surface area is 460 Å². The molecule has 0 aliphatic heterocycles. The van der Waals surface area contributed by atoms with E-state index in [1.165, 1.54) is 44.5 Å². The first-order chi connectivity index (χ1) is 38.5. The van der Waals surface area contributed by atoms with Gasteiger partial charge in [-0.05, 0) is 165 Å². The van der Waals surface area contributed by atoms with Crippen molar-refractivity contribution in [1.29, 1.82) is 0 Å². The zero-order chi connectivity index (χ0) is 52.9. The van der Waals surface area contributed by atoms with Gasteiger partial charge in [-0.25, -0.2) is 0 Å². The normalized spacial score (nSPS) is 11.1. The van der Waals surface area contributed by atoms with Gasteiger partial charge in [0.15, 0.2) is 0 Å². The molecule has 0 bridgehead atoms. The maximum absolute atomic E-state index is 2.35. The van der Waals surface area contributed by atoms with Gasteiger partial charge in [0.05, 0.1) is 0 Å². The molecule has 11 aromatic rings. The summed E-state index contributed by atoms with van der Waals surface area (Å²) in [6.07, 6.45) is 13.3. The number of hydrogen-bond acceptors (Lipinski definition) is 2. The average Bonchev–Trinajstić information content (AvgIpc) is 3.56. The molecule has 11 aromatic carbocycles. The standard InChI is InChI=1S/C76H60N2/c1-57-19-15-17-29-75(57)77(71-51-43-63(44-52-71)55-73(65-21-7-3-8-22-65)66-23-9-4-10-24-66)69-47-39-61(40-48-69)37-35-59-31-33-60(34-32-59)36-38-62-41-49-70(50-42-62)78(76-30-18-16-20-58(76)2)72-53-45-64(46-54-72)56-74(67-25-11-5-12-26-67)68-27-13-6-14-28-68/h3-56H,1-2H3/b37-35+,38-36+. The van der Waals surface area contributed by atoms with Gasteiger partial charge < -0.3 is 9.80 Å². The van der Waals surface area contributed by atoms with Crippen molar-refractivity contribution in [3.8, 4) is 0 Å². The molecule has 0 amide bonds. The fourth-order valence-corrected chi connectivity index (χ4v) is 9.97. The first-order valence-electron chi connectivity index (χ1n) is 26.7. The fraction of sp³-hybridized carbons (Fsp3) is 0.0263. The predicted molar refractivity (Wildman–Crippen MR) is 336 cm³/mol. The highest BCUT2D eigenvalue weighted by atomic mass is 15.1. The Morgan fingerprint density at radius 1 is 0.231 bits per heavy atom. The molecule has 2 nitrogen and oxygen atoms in total. The molecular weight excluding hydrogens is 941 g/mol. The van der Waals surface area contributed by atoms with Gasteiger partial charge in [-0.1, -0.05) is 255 Å². The van der Waals surface area contributed by atoms with Gasteiger partial charge >= 0.3 is 0 Å². The summed E-state index contributed by atoms with van der Waals surface area (Å²) in [6, 6.07) is 104. The van der Waals surface area contributed by atoms with Crippen LogP contribution >= 0.6 is 0 Å². The lowest BCUT2D eigenvalue weighted by Gasteiger charge is -2.27. The minimum atomic E-state index is 1.10. The lowest BCUT2D eigenvalue weighted by atomic mass is 9.95. The second-order valence-electron chi connectivity index (χ2n) is 19.5. The monoisotopic (exact) mass is 1000 g/mol. The number of benzene rings is 11. The second-order valence-corrected chi connectivity index (χ2v) is 19.5. The fourth-order valence-electron chi connectivity index (χ4n) is 9.97. The Hall–Kier alpha value is -10.0. The second kappa shape index (κ2) is 24.1. The van der Waals surface area contributed by atoms with Crippen molar-refractivity contribution in [2.45, 2.75) is 13.8 Å². The Morgan fingerprint density at radius 3 is 0.705 bits per heavy atom. The highest BCUT2D eigenvalue weighted by Gasteiger charge is 2.17. The van der Waals surface area contributed by atoms with Gasteiger partial charge in [0.1, 0.15) is 0 Å². The summed E-state index contributed by atoms with van der Waals surface area (Å²) in [5, 5.41) is 0. The summed E-state index contributed by atoms with van der Waals surface area (Å²) < 4.78 is 0. The smallest absolute Gasteiger partial charge is 0.0490 e. The molecule has 0 saturated carbocycles. The molecule has 0 saturated heterocycles. The molecule has 0 heterocycles. The first kappa shape index (κ1) is 50.2. The van der Waals surface area contributed by atoms with E-state index in [1.54, 1.807) is 0 Å². The molecular formula is C76H60N2. The quantitative estimate of drug-likeness (QED) is 0.0890. The van der Waals surface area contributed by atoms with Crippen molar-refractivity contribution < 1.29 is 0 Å². The van der Waals surface area contributed by atoms with E-state index in [4.69, 9.17) is 0 Å². The number of nitrogens with zero attached hydrogens (tertiary/aromatic N) is 2. The molecule has 2 heteroatoms. The third kappa shape index (κ3) is 12.1. The third-order valence-electron chi connectivity index (χ3n) is 14.2. The lowest BCUT2D eigenvalue weighted by molar-refractivity contribution is 1.25. The maximum Gasteiger partial charge on any atom is 0.0490 e. The molecule has 0 aliphatic rings. The van der Waals surface area contributed by atoms with E-state index in [-0.39, 0.29) is 0 Å². The van der Waals surface area contributed by atoms with Gasteiger partial charge in [0, 0.05) is 34.1 Å². The third-order valence-corrected chi connectivity index (χ3v) is 14.2. The van der Waals surface area contributed by atoms with E-state index < -0.39 is 0 Å². The topological polar surface area (TPSA) is 6.48 Å². The zero-order valence-corrected chi connectivity index (χ0v) is 44.1. The summed E-state index contributed by atoms with van der Waals surface area (Å²) >= 11 is 0. The van der Waals surface area contributed by atoms with Crippen LogP contribution in [0.1, 0.15) is 66.8 Å². The van der Waals surface area contributed by atoms with Gasteiger partial charge in [-0.15, -0.1) is 0 Å². The van der Waals surface area contributed by atoms with E-state index in [1.807, 2.05) is 0 Å². The van der Waals surface area contributed by atoms with Crippen LogP contribution < -0.4 is 9.80 Å². The molecule has 0 aliphatic carbocycles. The maximum atomic E-state index is 2.35. The number of para-hydroxylation sites is 2. The van der Waals surface area contributed by atoms with Crippen molar-refractivity contribution in [3.05, 3.63) is 358 Å². The Morgan fingerprint density at radius 2 is 0.449 bits per heavy atom. The van der Waals surface area contributed by atoms with Gasteiger partial charge in [-0.3, -0.25) is 0 Å². The van der Waals surface area contributed by atoms with Gasteiger partial charge in [-0.2, -0.15) is 0 Å². The molecule has 11 rings (SSSR count). The average molecular weight is 1000 g/mol. The van der Waals surface area contributed by atoms with Gasteiger partial charge in [0.25, 0.3) is 0 Å². The number of aryl methyl sites for hydroxylation is 2. The largest absolute Gasteiger partial charge is 0.310 e. The van der Waals surface area contributed by atoms with Crippen LogP contribution in [0.3, 0.4) is 0 Å². The molecule has 0 atom stereocenters. The van der Waals surface area contributed by atoms with Crippen LogP contribution in [0.4, 0.5) is 34.1 Å². The van der Waals surface area contributed by atoms with E-state index >= 15 is 0 Å². The zero-order valence-electron chi connectivity index (χ0n) is 44.1. The van der Waals surface area contributed by atoms with Crippen LogP contribution in [0.5, 0.6) is 0 Å². The molecule has 0 aromatic heterocycles. The molecule has 0 N–H and O–H groups in total. The Balaban J connectivity index is 0.771. The summed E-state index contributed by atoms with van der Waals surface area (Å²) in [7, 11) is 0. The predicted octanol–water partition coefficient (Wildman–Crippen LogP) is 20.8. The van der Waals surface area contributed by atoms with Crippen molar-refractivity contribution in [2.75, 3.05) is 9.80 Å². The molecule has 0 radical (unpaired) electrons. The van der Waals surface area contributed by atoms with Crippen molar-refractivity contribution in [3.63, 3.8) is 0 Å². The summed E-state index contributed by atoms with van der Waals surface area (Å²) in [4.78, 5) is 4.69. The number of rotatable bonds is 16. The van der Waals surface area contributed by atoms with E-state index in [0.29, 0.717) is 0 Å². The number of anilines is 6. The highest BCUT2D eigenvalue weighted by Crippen LogP contribution is 2.39. The molecule has 78 heavy (non-hydrogen) atoms. The molecule has 374 valence electrons. The van der Waals surface area contributed by atoms with Crippen LogP contribution in [0.15, 0.2) is 291 Å². The van der Waals surface area contributed by atoms with E-state index in [0.717, 1.165) is 67.5 Å². The van der Waals surface area contributed by atoms with Crippen molar-refractivity contribution in [2.24, 2.45) is 0 Å². The summed E-state index contributed by atoms with van der Waals surface area (Å²) in [5.41, 5.74) is 23.1. The molecule has 0 unspecified atom stereocenters. The van der Waals surface area contributed by atoms with Crippen LogP contribution in [0, 0.1) is 13.8 Å². The summed E-state index contributed by atoms with van der Waals surface area (Å²) in [5.74, 6) is 0. The Kier molecular flexibility index (Phi) is 15.5. The van der Waals surface area contributed by atoms with Crippen LogP contribution in [-0.4, -0.2) is 0 Å². The van der Waals surface area contributed by atoms with Gasteiger partial charge in [0.2, 0.25) is 0 Å². The minimum absolute atomic E-state index is 1.10. The molecule has 0 spiro atoms. The van der Waals surface area contributed by atoms with Crippen molar-refractivity contribution in [1.82, 2.24) is 0 Å². The number of hydrogen-bond donors (Lipinski definition) is 0. The molecule has 0 fully saturated rings. The Bertz CT molecular complexity index is 3500. The van der Waals surface area contributed by atoms with E-state index in [9.17, 15) is 0 Å². The minimum Gasteiger partial charge on any atom is -0.310 e.